The van der Waals surface area contributed by atoms with Gasteiger partial charge >= 0.3 is 11.8 Å². The Balaban J connectivity index is 2.93. The zero-order valence-electron chi connectivity index (χ0n) is 8.63. The lowest BCUT2D eigenvalue weighted by atomic mass is 10.5. The summed E-state index contributed by atoms with van der Waals surface area (Å²) in [6.07, 6.45) is 1.26. The van der Waals surface area contributed by atoms with Gasteiger partial charge in [0.1, 0.15) is 6.33 Å². The lowest BCUT2D eigenvalue weighted by molar-refractivity contribution is -0.580. The van der Waals surface area contributed by atoms with Crippen LogP contribution in [0.3, 0.4) is 0 Å². The topological polar surface area (TPSA) is 107 Å². The average Bonchev–Trinajstić information content (AvgIpc) is 2.51. The molecule has 0 aliphatic heterocycles. The van der Waals surface area contributed by atoms with E-state index in [9.17, 15) is 10.0 Å². The molecule has 0 atom stereocenters. The molecule has 0 aliphatic rings. The number of carboxylic acids is 1. The van der Waals surface area contributed by atoms with E-state index in [-0.39, 0.29) is 11.2 Å². The standard InChI is InChI=1S/C8H9N5O3/c1-9-5-4-6(11-3-10-5)12(2)7(8(14)15)13(4)16/h3H,1-2H3,(H,14,15)(H,9,10,11). The Morgan fingerprint density at radius 3 is 2.88 bits per heavy atom. The molecule has 0 aromatic carbocycles. The highest BCUT2D eigenvalue weighted by Crippen LogP contribution is 2.16. The van der Waals surface area contributed by atoms with Gasteiger partial charge in [-0.05, 0) is 0 Å². The number of aromatic carboxylic acids is 1. The minimum absolute atomic E-state index is 0.116. The van der Waals surface area contributed by atoms with Gasteiger partial charge in [-0.1, -0.05) is 0 Å². The number of hydrogen-bond acceptors (Lipinski definition) is 5. The molecule has 2 heterocycles. The molecular formula is C8H9N5O3. The number of nitrogens with zero attached hydrogens (tertiary/aromatic N) is 4. The zero-order valence-corrected chi connectivity index (χ0v) is 8.63. The Hall–Kier alpha value is -2.38. The van der Waals surface area contributed by atoms with Crippen LogP contribution in [0.2, 0.25) is 0 Å². The van der Waals surface area contributed by atoms with E-state index in [1.54, 1.807) is 7.05 Å². The normalized spacial score (nSPS) is 10.6. The lowest BCUT2D eigenvalue weighted by Gasteiger charge is -2.02. The summed E-state index contributed by atoms with van der Waals surface area (Å²) in [5.74, 6) is -1.41. The highest BCUT2D eigenvalue weighted by atomic mass is 16.5. The van der Waals surface area contributed by atoms with Crippen LogP contribution in [0.1, 0.15) is 10.6 Å². The van der Waals surface area contributed by atoms with Crippen LogP contribution in [-0.2, 0) is 7.05 Å². The number of carbonyl (C=O) groups is 1. The van der Waals surface area contributed by atoms with Gasteiger partial charge in [-0.15, -0.1) is 0 Å². The van der Waals surface area contributed by atoms with Crippen molar-refractivity contribution in [2.24, 2.45) is 7.05 Å². The van der Waals surface area contributed by atoms with Crippen molar-refractivity contribution < 1.29 is 14.6 Å². The fourth-order valence-electron chi connectivity index (χ4n) is 1.56. The molecule has 16 heavy (non-hydrogen) atoms. The summed E-state index contributed by atoms with van der Waals surface area (Å²) in [6, 6.07) is 0. The molecule has 2 N–H and O–H groups in total. The second-order valence-corrected chi connectivity index (χ2v) is 3.13. The number of hydrogen-bond donors (Lipinski definition) is 2. The van der Waals surface area contributed by atoms with Crippen molar-refractivity contribution >= 4 is 23.0 Å². The predicted octanol–water partition coefficient (Wildman–Crippen LogP) is -0.658. The number of rotatable bonds is 2. The van der Waals surface area contributed by atoms with Crippen LogP contribution in [-0.4, -0.2) is 32.7 Å². The highest BCUT2D eigenvalue weighted by Gasteiger charge is 2.28. The summed E-state index contributed by atoms with van der Waals surface area (Å²) in [5.41, 5.74) is 0.386. The number of imidazole rings is 1. The van der Waals surface area contributed by atoms with E-state index in [4.69, 9.17) is 5.11 Å². The van der Waals surface area contributed by atoms with Gasteiger partial charge in [-0.2, -0.15) is 4.98 Å². The molecule has 0 saturated heterocycles. The first-order chi connectivity index (χ1) is 7.57. The molecule has 2 rings (SSSR count). The molecule has 0 radical (unpaired) electrons. The maximum Gasteiger partial charge on any atom is 0.420 e. The van der Waals surface area contributed by atoms with Crippen LogP contribution >= 0.6 is 0 Å². The van der Waals surface area contributed by atoms with Gasteiger partial charge in [0.15, 0.2) is 5.82 Å². The minimum Gasteiger partial charge on any atom is -0.710 e. The van der Waals surface area contributed by atoms with Crippen molar-refractivity contribution in [2.75, 3.05) is 12.4 Å². The summed E-state index contributed by atoms with van der Waals surface area (Å²) in [7, 11) is 3.06. The highest BCUT2D eigenvalue weighted by molar-refractivity contribution is 5.88. The minimum atomic E-state index is -1.31. The van der Waals surface area contributed by atoms with Crippen molar-refractivity contribution in [1.29, 1.82) is 0 Å². The zero-order chi connectivity index (χ0) is 11.9. The van der Waals surface area contributed by atoms with Gasteiger partial charge in [-0.25, -0.2) is 19.1 Å². The molecular weight excluding hydrogens is 214 g/mol. The second kappa shape index (κ2) is 3.33. The maximum atomic E-state index is 11.8. The van der Waals surface area contributed by atoms with E-state index in [2.05, 4.69) is 15.3 Å². The molecule has 2 aromatic heterocycles. The van der Waals surface area contributed by atoms with Crippen LogP contribution in [0.5, 0.6) is 0 Å². The fourth-order valence-corrected chi connectivity index (χ4v) is 1.56. The Labute approximate surface area is 89.7 Å². The van der Waals surface area contributed by atoms with Gasteiger partial charge in [0.2, 0.25) is 5.52 Å². The lowest BCUT2D eigenvalue weighted by Crippen LogP contribution is -2.34. The van der Waals surface area contributed by atoms with Gasteiger partial charge in [0.25, 0.3) is 5.65 Å². The summed E-state index contributed by atoms with van der Waals surface area (Å²) in [4.78, 5) is 18.6. The molecule has 2 aromatic rings. The molecule has 84 valence electrons. The number of carboxylic acid groups (broad SMARTS) is 1. The van der Waals surface area contributed by atoms with E-state index in [0.29, 0.717) is 10.5 Å². The van der Waals surface area contributed by atoms with Crippen molar-refractivity contribution in [3.05, 3.63) is 17.4 Å². The van der Waals surface area contributed by atoms with E-state index < -0.39 is 11.8 Å². The Morgan fingerprint density at radius 2 is 2.31 bits per heavy atom. The SMILES string of the molecule is CNc1ncnc2c1[n+]([O-])c(C(=O)O)n2C. The average molecular weight is 223 g/mol. The van der Waals surface area contributed by atoms with Gasteiger partial charge in [-0.3, -0.25) is 0 Å². The third kappa shape index (κ3) is 1.16. The third-order valence-corrected chi connectivity index (χ3v) is 2.26. The fraction of sp³-hybridized carbons (Fsp3) is 0.250. The van der Waals surface area contributed by atoms with E-state index in [1.807, 2.05) is 0 Å². The molecule has 8 heteroatoms. The molecule has 0 bridgehead atoms. The number of fused-ring (bicyclic) bond motifs is 1. The van der Waals surface area contributed by atoms with Crippen LogP contribution in [0.25, 0.3) is 11.2 Å². The Kier molecular flexibility index (Phi) is 2.11. The molecule has 0 spiro atoms. The van der Waals surface area contributed by atoms with Crippen molar-refractivity contribution in [1.82, 2.24) is 14.5 Å². The summed E-state index contributed by atoms with van der Waals surface area (Å²) in [6.45, 7) is 0. The summed E-state index contributed by atoms with van der Waals surface area (Å²) in [5, 5.41) is 23.4. The number of aryl methyl sites for hydroxylation is 1. The number of anilines is 1. The molecule has 0 saturated carbocycles. The first-order valence-corrected chi connectivity index (χ1v) is 4.42. The van der Waals surface area contributed by atoms with E-state index in [0.717, 1.165) is 0 Å². The second-order valence-electron chi connectivity index (χ2n) is 3.13. The number of aromatic nitrogens is 4. The Morgan fingerprint density at radius 1 is 1.62 bits per heavy atom. The van der Waals surface area contributed by atoms with Crippen LogP contribution in [0, 0.1) is 5.21 Å². The van der Waals surface area contributed by atoms with E-state index in [1.165, 1.54) is 17.9 Å². The largest absolute Gasteiger partial charge is 0.710 e. The predicted molar refractivity (Wildman–Crippen MR) is 54.0 cm³/mol. The van der Waals surface area contributed by atoms with Gasteiger partial charge in [0, 0.05) is 7.05 Å². The van der Waals surface area contributed by atoms with E-state index >= 15 is 0 Å². The molecule has 0 unspecified atom stereocenters. The van der Waals surface area contributed by atoms with Crippen molar-refractivity contribution in [3.8, 4) is 0 Å². The van der Waals surface area contributed by atoms with Gasteiger partial charge < -0.3 is 15.6 Å². The van der Waals surface area contributed by atoms with Crippen LogP contribution < -0.4 is 10.0 Å². The molecule has 0 aliphatic carbocycles. The smallest absolute Gasteiger partial charge is 0.420 e. The van der Waals surface area contributed by atoms with Crippen LogP contribution in [0.15, 0.2) is 6.33 Å². The summed E-state index contributed by atoms with van der Waals surface area (Å²) >= 11 is 0. The maximum absolute atomic E-state index is 11.8. The Bertz CT molecular complexity index is 577. The monoisotopic (exact) mass is 223 g/mol. The molecule has 8 nitrogen and oxygen atoms in total. The van der Waals surface area contributed by atoms with Crippen molar-refractivity contribution in [2.45, 2.75) is 0 Å². The third-order valence-electron chi connectivity index (χ3n) is 2.26. The first kappa shape index (κ1) is 10.1. The molecule has 0 fully saturated rings. The van der Waals surface area contributed by atoms with Crippen LogP contribution in [0.4, 0.5) is 5.82 Å². The molecule has 0 amide bonds. The van der Waals surface area contributed by atoms with Gasteiger partial charge in [0.05, 0.1) is 7.05 Å². The first-order valence-electron chi connectivity index (χ1n) is 4.42. The quantitative estimate of drug-likeness (QED) is 0.517. The van der Waals surface area contributed by atoms with Crippen molar-refractivity contribution in [3.63, 3.8) is 0 Å². The summed E-state index contributed by atoms with van der Waals surface area (Å²) < 4.78 is 1.52. The number of nitrogens with one attached hydrogen (secondary N) is 1.